The molecule has 0 atom stereocenters. The molecule has 110 valence electrons. The molecule has 5 nitrogen and oxygen atoms in total. The van der Waals surface area contributed by atoms with Gasteiger partial charge < -0.3 is 14.1 Å². The average Bonchev–Trinajstić information content (AvgIpc) is 2.41. The summed E-state index contributed by atoms with van der Waals surface area (Å²) < 4.78 is 29.5. The molecule has 0 saturated carbocycles. The van der Waals surface area contributed by atoms with Crippen molar-refractivity contribution in [2.45, 2.75) is 18.7 Å². The van der Waals surface area contributed by atoms with E-state index in [1.165, 1.54) is 30.3 Å². The van der Waals surface area contributed by atoms with Crippen LogP contribution in [0.4, 0.5) is 0 Å². The largest absolute Gasteiger partial charge is 0.545 e. The summed E-state index contributed by atoms with van der Waals surface area (Å²) in [5.74, 6) is -1.29. The third kappa shape index (κ3) is 3.41. The highest BCUT2D eigenvalue weighted by atomic mass is 32.2. The van der Waals surface area contributed by atoms with E-state index in [9.17, 15) is 18.3 Å². The van der Waals surface area contributed by atoms with Gasteiger partial charge in [0, 0.05) is 0 Å². The third-order valence-electron chi connectivity index (χ3n) is 2.91. The van der Waals surface area contributed by atoms with E-state index in [-0.39, 0.29) is 16.2 Å². The molecule has 0 aliphatic heterocycles. The van der Waals surface area contributed by atoms with Gasteiger partial charge in [-0.05, 0) is 60.9 Å². The second-order valence-electron chi connectivity index (χ2n) is 4.62. The zero-order chi connectivity index (χ0) is 15.6. The van der Waals surface area contributed by atoms with Gasteiger partial charge in [-0.1, -0.05) is 12.1 Å². The first-order valence-corrected chi connectivity index (χ1v) is 7.53. The second-order valence-corrected chi connectivity index (χ2v) is 6.13. The lowest BCUT2D eigenvalue weighted by Gasteiger charge is -2.10. The molecular weight excluding hydrogens is 292 g/mol. The quantitative estimate of drug-likeness (QED) is 0.798. The van der Waals surface area contributed by atoms with E-state index in [0.717, 1.165) is 5.56 Å². The second kappa shape index (κ2) is 5.57. The van der Waals surface area contributed by atoms with Gasteiger partial charge in [0.15, 0.2) is 0 Å². The fourth-order valence-electron chi connectivity index (χ4n) is 1.79. The Balaban J connectivity index is 2.33. The third-order valence-corrected chi connectivity index (χ3v) is 4.30. The van der Waals surface area contributed by atoms with Gasteiger partial charge in [-0.15, -0.1) is 0 Å². The molecule has 6 heteroatoms. The zero-order valence-electron chi connectivity index (χ0n) is 11.5. The van der Waals surface area contributed by atoms with Crippen molar-refractivity contribution in [3.63, 3.8) is 0 Å². The Morgan fingerprint density at radius 1 is 1.05 bits per heavy atom. The Kier molecular flexibility index (Phi) is 3.99. The predicted octanol–water partition coefficient (Wildman–Crippen LogP) is 1.43. The molecule has 2 rings (SSSR count). The molecule has 2 aromatic carbocycles. The van der Waals surface area contributed by atoms with Crippen LogP contribution < -0.4 is 9.29 Å². The molecule has 0 aliphatic carbocycles. The predicted molar refractivity (Wildman–Crippen MR) is 74.5 cm³/mol. The van der Waals surface area contributed by atoms with Gasteiger partial charge in [-0.3, -0.25) is 0 Å². The maximum atomic E-state index is 12.2. The van der Waals surface area contributed by atoms with Crippen LogP contribution >= 0.6 is 0 Å². The number of carbonyl (C=O) groups is 1. The summed E-state index contributed by atoms with van der Waals surface area (Å²) >= 11 is 0. The molecule has 0 radical (unpaired) electrons. The summed E-state index contributed by atoms with van der Waals surface area (Å²) in [6.45, 7) is 3.46. The maximum Gasteiger partial charge on any atom is 0.339 e. The Morgan fingerprint density at radius 2 is 1.67 bits per heavy atom. The van der Waals surface area contributed by atoms with E-state index in [1.54, 1.807) is 19.9 Å². The van der Waals surface area contributed by atoms with Gasteiger partial charge in [0.05, 0.1) is 5.97 Å². The number of carboxylic acid groups (broad SMARTS) is 1. The highest BCUT2D eigenvalue weighted by molar-refractivity contribution is 7.87. The Morgan fingerprint density at radius 3 is 2.24 bits per heavy atom. The minimum Gasteiger partial charge on any atom is -0.545 e. The minimum atomic E-state index is -3.96. The molecule has 0 aromatic heterocycles. The smallest absolute Gasteiger partial charge is 0.339 e. The molecule has 0 unspecified atom stereocenters. The number of benzene rings is 2. The van der Waals surface area contributed by atoms with Crippen molar-refractivity contribution in [2.75, 3.05) is 0 Å². The number of aryl methyl sites for hydroxylation is 2. The lowest BCUT2D eigenvalue weighted by atomic mass is 10.2. The van der Waals surface area contributed by atoms with Crippen LogP contribution in [-0.2, 0) is 10.1 Å². The normalized spacial score (nSPS) is 11.1. The van der Waals surface area contributed by atoms with E-state index in [1.807, 2.05) is 6.07 Å². The molecule has 2 aromatic rings. The standard InChI is InChI=1S/C15H14O5S/c1-10-3-4-11(2)14(9-10)21(18,19)20-13-7-5-12(6-8-13)15(16)17/h3-9H,1-2H3,(H,16,17)/p-1. The Hall–Kier alpha value is -2.34. The fraction of sp³-hybridized carbons (Fsp3) is 0.133. The molecule has 0 aliphatic rings. The van der Waals surface area contributed by atoms with Gasteiger partial charge in [-0.2, -0.15) is 8.42 Å². The first-order valence-electron chi connectivity index (χ1n) is 6.13. The number of carbonyl (C=O) groups excluding carboxylic acids is 1. The summed E-state index contributed by atoms with van der Waals surface area (Å²) in [4.78, 5) is 10.7. The van der Waals surface area contributed by atoms with Crippen LogP contribution in [0.5, 0.6) is 5.75 Å². The lowest BCUT2D eigenvalue weighted by molar-refractivity contribution is -0.255. The van der Waals surface area contributed by atoms with Crippen LogP contribution in [0.3, 0.4) is 0 Å². The topological polar surface area (TPSA) is 83.5 Å². The number of aromatic carboxylic acids is 1. The lowest BCUT2D eigenvalue weighted by Crippen LogP contribution is -2.22. The number of hydrogen-bond acceptors (Lipinski definition) is 5. The van der Waals surface area contributed by atoms with Crippen molar-refractivity contribution < 1.29 is 22.5 Å². The molecule has 0 fully saturated rings. The molecule has 0 amide bonds. The van der Waals surface area contributed by atoms with Gasteiger partial charge in [0.25, 0.3) is 0 Å². The summed E-state index contributed by atoms with van der Waals surface area (Å²) in [5, 5.41) is 10.6. The molecule has 0 bridgehead atoms. The molecule has 0 spiro atoms. The van der Waals surface area contributed by atoms with Crippen molar-refractivity contribution in [1.29, 1.82) is 0 Å². The molecule has 0 N–H and O–H groups in total. The minimum absolute atomic E-state index is 0.0425. The van der Waals surface area contributed by atoms with E-state index in [2.05, 4.69) is 0 Å². The van der Waals surface area contributed by atoms with Gasteiger partial charge >= 0.3 is 10.1 Å². The molecule has 0 saturated heterocycles. The average molecular weight is 305 g/mol. The van der Waals surface area contributed by atoms with E-state index >= 15 is 0 Å². The van der Waals surface area contributed by atoms with E-state index in [0.29, 0.717) is 5.56 Å². The summed E-state index contributed by atoms with van der Waals surface area (Å²) in [7, 11) is -3.96. The van der Waals surface area contributed by atoms with Crippen molar-refractivity contribution in [3.8, 4) is 5.75 Å². The van der Waals surface area contributed by atoms with Crippen LogP contribution in [0.2, 0.25) is 0 Å². The van der Waals surface area contributed by atoms with Crippen molar-refractivity contribution >= 4 is 16.1 Å². The van der Waals surface area contributed by atoms with E-state index < -0.39 is 16.1 Å². The number of hydrogen-bond donors (Lipinski definition) is 0. The van der Waals surface area contributed by atoms with Crippen molar-refractivity contribution in [3.05, 3.63) is 59.2 Å². The van der Waals surface area contributed by atoms with Crippen LogP contribution in [0.25, 0.3) is 0 Å². The number of carboxylic acids is 1. The molecule has 21 heavy (non-hydrogen) atoms. The molecule has 0 heterocycles. The van der Waals surface area contributed by atoms with Crippen LogP contribution in [-0.4, -0.2) is 14.4 Å². The van der Waals surface area contributed by atoms with E-state index in [4.69, 9.17) is 4.18 Å². The highest BCUT2D eigenvalue weighted by Crippen LogP contribution is 2.22. The first kappa shape index (κ1) is 15.1. The zero-order valence-corrected chi connectivity index (χ0v) is 12.3. The summed E-state index contributed by atoms with van der Waals surface area (Å²) in [6, 6.07) is 10.0. The van der Waals surface area contributed by atoms with Crippen LogP contribution in [0.15, 0.2) is 47.4 Å². The summed E-state index contributed by atoms with van der Waals surface area (Å²) in [6.07, 6.45) is 0. The number of rotatable bonds is 4. The van der Waals surface area contributed by atoms with Crippen LogP contribution in [0.1, 0.15) is 21.5 Å². The SMILES string of the molecule is Cc1ccc(C)c(S(=O)(=O)Oc2ccc(C(=O)[O-])cc2)c1. The molecular formula is C15H13O5S-. The Bertz CT molecular complexity index is 776. The van der Waals surface area contributed by atoms with Crippen LogP contribution in [0, 0.1) is 13.8 Å². The summed E-state index contributed by atoms with van der Waals surface area (Å²) in [5.41, 5.74) is 1.33. The van der Waals surface area contributed by atoms with Gasteiger partial charge in [0.1, 0.15) is 10.6 Å². The van der Waals surface area contributed by atoms with Gasteiger partial charge in [0.2, 0.25) is 0 Å². The monoisotopic (exact) mass is 305 g/mol. The Labute approximate surface area is 122 Å². The van der Waals surface area contributed by atoms with Crippen molar-refractivity contribution in [2.24, 2.45) is 0 Å². The van der Waals surface area contributed by atoms with Crippen molar-refractivity contribution in [1.82, 2.24) is 0 Å². The fourth-order valence-corrected chi connectivity index (χ4v) is 3.04. The highest BCUT2D eigenvalue weighted by Gasteiger charge is 2.19. The first-order chi connectivity index (χ1) is 9.79. The maximum absolute atomic E-state index is 12.2. The van der Waals surface area contributed by atoms with Gasteiger partial charge in [-0.25, -0.2) is 0 Å².